The Bertz CT molecular complexity index is 481. The second-order valence-corrected chi connectivity index (χ2v) is 6.48. The zero-order valence-corrected chi connectivity index (χ0v) is 12.4. The van der Waals surface area contributed by atoms with Gasteiger partial charge in [0.05, 0.1) is 18.1 Å². The molecule has 2 aliphatic rings. The molecule has 4 heteroatoms. The minimum Gasteiger partial charge on any atom is -0.394 e. The van der Waals surface area contributed by atoms with Gasteiger partial charge in [0.25, 0.3) is 0 Å². The number of hydrogen-bond acceptors (Lipinski definition) is 2. The second-order valence-electron chi connectivity index (χ2n) is 5.57. The van der Waals surface area contributed by atoms with Crippen molar-refractivity contribution in [3.8, 4) is 0 Å². The zero-order chi connectivity index (χ0) is 13.5. The summed E-state index contributed by atoms with van der Waals surface area (Å²) in [5.74, 6) is 0.214. The quantitative estimate of drug-likeness (QED) is 0.928. The second kappa shape index (κ2) is 4.91. The number of benzene rings is 1. The van der Waals surface area contributed by atoms with E-state index in [1.54, 1.807) is 0 Å². The highest BCUT2D eigenvalue weighted by Gasteiger charge is 2.54. The smallest absolute Gasteiger partial charge is 0.233 e. The molecule has 3 rings (SSSR count). The lowest BCUT2D eigenvalue weighted by molar-refractivity contribution is -0.135. The summed E-state index contributed by atoms with van der Waals surface area (Å²) >= 11 is 3.43. The monoisotopic (exact) mass is 323 g/mol. The van der Waals surface area contributed by atoms with E-state index in [2.05, 4.69) is 15.9 Å². The van der Waals surface area contributed by atoms with E-state index in [1.807, 2.05) is 29.2 Å². The molecule has 2 fully saturated rings. The van der Waals surface area contributed by atoms with Crippen molar-refractivity contribution < 1.29 is 9.90 Å². The van der Waals surface area contributed by atoms with E-state index < -0.39 is 0 Å². The highest BCUT2D eigenvalue weighted by molar-refractivity contribution is 9.10. The van der Waals surface area contributed by atoms with Crippen molar-refractivity contribution in [1.82, 2.24) is 4.90 Å². The lowest BCUT2D eigenvalue weighted by Gasteiger charge is -2.28. The summed E-state index contributed by atoms with van der Waals surface area (Å²) in [6.07, 6.45) is 3.80. The van der Waals surface area contributed by atoms with Gasteiger partial charge in [0.1, 0.15) is 0 Å². The molecule has 19 heavy (non-hydrogen) atoms. The number of aliphatic hydroxyl groups is 1. The highest BCUT2D eigenvalue weighted by atomic mass is 79.9. The van der Waals surface area contributed by atoms with E-state index >= 15 is 0 Å². The summed E-state index contributed by atoms with van der Waals surface area (Å²) in [4.78, 5) is 14.7. The van der Waals surface area contributed by atoms with Crippen LogP contribution in [0.25, 0.3) is 0 Å². The highest BCUT2D eigenvalue weighted by Crippen LogP contribution is 2.50. The number of carbonyl (C=O) groups excluding carboxylic acids is 1. The molecular weight excluding hydrogens is 306 g/mol. The Morgan fingerprint density at radius 3 is 2.63 bits per heavy atom. The minimum absolute atomic E-state index is 0.0282. The lowest BCUT2D eigenvalue weighted by atomic mass is 9.94. The van der Waals surface area contributed by atoms with Gasteiger partial charge in [-0.1, -0.05) is 28.1 Å². The van der Waals surface area contributed by atoms with Crippen LogP contribution in [0.3, 0.4) is 0 Å². The summed E-state index contributed by atoms with van der Waals surface area (Å²) in [6, 6.07) is 8.10. The van der Waals surface area contributed by atoms with Crippen LogP contribution in [0.1, 0.15) is 31.2 Å². The summed E-state index contributed by atoms with van der Waals surface area (Å²) < 4.78 is 1.04. The van der Waals surface area contributed by atoms with Gasteiger partial charge in [-0.15, -0.1) is 0 Å². The van der Waals surface area contributed by atoms with Crippen LogP contribution < -0.4 is 0 Å². The number of likely N-dealkylation sites (tertiary alicyclic amines) is 1. The maximum absolute atomic E-state index is 12.8. The van der Waals surface area contributed by atoms with Gasteiger partial charge < -0.3 is 10.0 Å². The van der Waals surface area contributed by atoms with Crippen LogP contribution in [0.2, 0.25) is 0 Å². The third kappa shape index (κ3) is 2.21. The van der Waals surface area contributed by atoms with E-state index in [0.717, 1.165) is 42.3 Å². The lowest BCUT2D eigenvalue weighted by Crippen LogP contribution is -2.43. The molecule has 0 radical (unpaired) electrons. The van der Waals surface area contributed by atoms with Crippen molar-refractivity contribution in [3.05, 3.63) is 34.3 Å². The van der Waals surface area contributed by atoms with Gasteiger partial charge in [-0.05, 0) is 43.4 Å². The van der Waals surface area contributed by atoms with Gasteiger partial charge in [-0.3, -0.25) is 4.79 Å². The van der Waals surface area contributed by atoms with Gasteiger partial charge in [0.15, 0.2) is 0 Å². The normalized spacial score (nSPS) is 24.5. The Kier molecular flexibility index (Phi) is 3.39. The molecule has 1 heterocycles. The summed E-state index contributed by atoms with van der Waals surface area (Å²) in [5.41, 5.74) is 0.808. The van der Waals surface area contributed by atoms with Gasteiger partial charge in [0, 0.05) is 11.0 Å². The zero-order valence-electron chi connectivity index (χ0n) is 10.8. The van der Waals surface area contributed by atoms with E-state index in [1.165, 1.54) is 0 Å². The van der Waals surface area contributed by atoms with Crippen LogP contribution in [0.5, 0.6) is 0 Å². The topological polar surface area (TPSA) is 40.5 Å². The molecule has 0 aromatic heterocycles. The van der Waals surface area contributed by atoms with E-state index in [-0.39, 0.29) is 24.0 Å². The fraction of sp³-hybridized carbons (Fsp3) is 0.533. The van der Waals surface area contributed by atoms with Gasteiger partial charge in [-0.2, -0.15) is 0 Å². The van der Waals surface area contributed by atoms with Gasteiger partial charge in [0.2, 0.25) is 5.91 Å². The molecular formula is C15H18BrNO2. The van der Waals surface area contributed by atoms with Crippen LogP contribution in [-0.4, -0.2) is 35.1 Å². The predicted molar refractivity (Wildman–Crippen MR) is 76.9 cm³/mol. The molecule has 1 aliphatic carbocycles. The number of nitrogens with zero attached hydrogens (tertiary/aromatic N) is 1. The molecule has 1 aromatic carbocycles. The number of hydrogen-bond donors (Lipinski definition) is 1. The first kappa shape index (κ1) is 13.1. The molecule has 1 aliphatic heterocycles. The van der Waals surface area contributed by atoms with Gasteiger partial charge in [-0.25, -0.2) is 0 Å². The summed E-state index contributed by atoms with van der Waals surface area (Å²) in [5, 5.41) is 9.38. The first-order valence-corrected chi connectivity index (χ1v) is 7.65. The molecule has 3 nitrogen and oxygen atoms in total. The molecule has 1 aromatic rings. The molecule has 102 valence electrons. The Morgan fingerprint density at radius 1 is 1.37 bits per heavy atom. The Morgan fingerprint density at radius 2 is 2.05 bits per heavy atom. The molecule has 1 amide bonds. The Hall–Kier alpha value is -0.870. The maximum Gasteiger partial charge on any atom is 0.233 e. The van der Waals surface area contributed by atoms with Crippen LogP contribution in [-0.2, 0) is 10.2 Å². The summed E-state index contributed by atoms with van der Waals surface area (Å²) in [6.45, 7) is 0.879. The van der Waals surface area contributed by atoms with Crippen LogP contribution >= 0.6 is 15.9 Å². The number of aliphatic hydroxyl groups excluding tert-OH is 1. The van der Waals surface area contributed by atoms with Crippen molar-refractivity contribution in [3.63, 3.8) is 0 Å². The Labute approximate surface area is 121 Å². The fourth-order valence-corrected chi connectivity index (χ4v) is 3.35. The Balaban J connectivity index is 1.84. The molecule has 1 saturated carbocycles. The van der Waals surface area contributed by atoms with E-state index in [4.69, 9.17) is 0 Å². The SMILES string of the molecule is O=C(N1CCC[C@H]1CO)C1(c2ccc(Br)cc2)CC1. The van der Waals surface area contributed by atoms with E-state index in [9.17, 15) is 9.90 Å². The van der Waals surface area contributed by atoms with Crippen molar-refractivity contribution in [2.75, 3.05) is 13.2 Å². The summed E-state index contributed by atoms with van der Waals surface area (Å²) in [7, 11) is 0. The average Bonchev–Trinajstić information content (AvgIpc) is 3.09. The molecule has 0 bridgehead atoms. The van der Waals surface area contributed by atoms with E-state index in [0.29, 0.717) is 0 Å². The third-order valence-corrected chi connectivity index (χ3v) is 4.93. The van der Waals surface area contributed by atoms with Crippen molar-refractivity contribution in [1.29, 1.82) is 0 Å². The van der Waals surface area contributed by atoms with Crippen molar-refractivity contribution in [2.24, 2.45) is 0 Å². The first-order valence-electron chi connectivity index (χ1n) is 6.85. The predicted octanol–water partition coefficient (Wildman–Crippen LogP) is 2.46. The molecule has 0 unspecified atom stereocenters. The average molecular weight is 324 g/mol. The third-order valence-electron chi connectivity index (χ3n) is 4.40. The largest absolute Gasteiger partial charge is 0.394 e. The minimum atomic E-state index is -0.307. The van der Waals surface area contributed by atoms with Crippen molar-refractivity contribution in [2.45, 2.75) is 37.1 Å². The van der Waals surface area contributed by atoms with Crippen LogP contribution in [0.4, 0.5) is 0 Å². The van der Waals surface area contributed by atoms with Crippen molar-refractivity contribution >= 4 is 21.8 Å². The number of rotatable bonds is 3. The molecule has 0 spiro atoms. The van der Waals surface area contributed by atoms with Crippen LogP contribution in [0.15, 0.2) is 28.7 Å². The number of amides is 1. The standard InChI is InChI=1S/C15H18BrNO2/c16-12-5-3-11(4-6-12)15(7-8-15)14(19)17-9-1-2-13(17)10-18/h3-6,13,18H,1-2,7-10H2/t13-/m0/s1. The molecule has 1 atom stereocenters. The molecule has 1 N–H and O–H groups in total. The fourth-order valence-electron chi connectivity index (χ4n) is 3.09. The first-order chi connectivity index (χ1) is 9.17. The van der Waals surface area contributed by atoms with Crippen LogP contribution in [0, 0.1) is 0 Å². The molecule has 1 saturated heterocycles. The maximum atomic E-state index is 12.8. The number of carbonyl (C=O) groups is 1. The number of halogens is 1. The van der Waals surface area contributed by atoms with Gasteiger partial charge >= 0.3 is 0 Å².